The van der Waals surface area contributed by atoms with Gasteiger partial charge >= 0.3 is 0 Å². The van der Waals surface area contributed by atoms with Gasteiger partial charge in [0.2, 0.25) is 5.91 Å². The summed E-state index contributed by atoms with van der Waals surface area (Å²) in [4.78, 5) is 11.9. The van der Waals surface area contributed by atoms with E-state index >= 15 is 0 Å². The number of amides is 1. The normalized spacial score (nSPS) is 19.1. The molecule has 1 heterocycles. The van der Waals surface area contributed by atoms with Crippen molar-refractivity contribution in [1.82, 2.24) is 10.6 Å². The molecule has 19 heavy (non-hydrogen) atoms. The van der Waals surface area contributed by atoms with Crippen LogP contribution in [0.25, 0.3) is 0 Å². The molecule has 104 valence electrons. The van der Waals surface area contributed by atoms with Crippen LogP contribution in [-0.2, 0) is 17.6 Å². The highest BCUT2D eigenvalue weighted by atomic mass is 16.1. The zero-order chi connectivity index (χ0) is 13.5. The summed E-state index contributed by atoms with van der Waals surface area (Å²) >= 11 is 0. The third kappa shape index (κ3) is 4.35. The number of hydrogen-bond donors (Lipinski definition) is 2. The second-order valence-corrected chi connectivity index (χ2v) is 5.25. The molecule has 1 aliphatic rings. The third-order valence-corrected chi connectivity index (χ3v) is 3.81. The largest absolute Gasteiger partial charge is 0.355 e. The van der Waals surface area contributed by atoms with Crippen LogP contribution in [0, 0.1) is 5.92 Å². The molecular weight excluding hydrogens is 236 g/mol. The summed E-state index contributed by atoms with van der Waals surface area (Å²) in [6.45, 7) is 4.78. The highest BCUT2D eigenvalue weighted by Crippen LogP contribution is 2.10. The number of hydrogen-bond acceptors (Lipinski definition) is 2. The molecule has 1 aromatic carbocycles. The molecule has 1 aromatic rings. The molecule has 2 rings (SSSR count). The van der Waals surface area contributed by atoms with Crippen LogP contribution in [0.15, 0.2) is 24.3 Å². The van der Waals surface area contributed by atoms with E-state index < -0.39 is 0 Å². The van der Waals surface area contributed by atoms with Gasteiger partial charge in [0.05, 0.1) is 5.92 Å². The number of carbonyl (C=O) groups excluding carboxylic acids is 1. The number of nitrogens with one attached hydrogen (secondary N) is 2. The molecule has 0 bridgehead atoms. The first-order valence-corrected chi connectivity index (χ1v) is 7.36. The lowest BCUT2D eigenvalue weighted by Crippen LogP contribution is -2.41. The summed E-state index contributed by atoms with van der Waals surface area (Å²) < 4.78 is 0. The predicted molar refractivity (Wildman–Crippen MR) is 78.1 cm³/mol. The molecule has 1 atom stereocenters. The van der Waals surface area contributed by atoms with Crippen LogP contribution < -0.4 is 10.6 Å². The van der Waals surface area contributed by atoms with Gasteiger partial charge in [0.25, 0.3) is 0 Å². The number of rotatable bonds is 5. The van der Waals surface area contributed by atoms with E-state index in [1.165, 1.54) is 11.1 Å². The average molecular weight is 260 g/mol. The Balaban J connectivity index is 1.71. The van der Waals surface area contributed by atoms with Gasteiger partial charge in [-0.05, 0) is 43.4 Å². The molecular formula is C16H24N2O. The summed E-state index contributed by atoms with van der Waals surface area (Å²) in [7, 11) is 0. The molecule has 0 spiro atoms. The summed E-state index contributed by atoms with van der Waals surface area (Å²) in [6.07, 6.45) is 4.11. The van der Waals surface area contributed by atoms with Crippen molar-refractivity contribution in [3.8, 4) is 0 Å². The SMILES string of the molecule is CCc1ccc(CCNC(=O)C2CCCNC2)cc1. The zero-order valence-electron chi connectivity index (χ0n) is 11.7. The molecule has 1 fully saturated rings. The Hall–Kier alpha value is -1.35. The number of carbonyl (C=O) groups is 1. The molecule has 1 saturated heterocycles. The fourth-order valence-electron chi connectivity index (χ4n) is 2.49. The van der Waals surface area contributed by atoms with Crippen molar-refractivity contribution in [3.63, 3.8) is 0 Å². The Kier molecular flexibility index (Phi) is 5.40. The quantitative estimate of drug-likeness (QED) is 0.849. The summed E-state index contributed by atoms with van der Waals surface area (Å²) in [5.41, 5.74) is 2.65. The topological polar surface area (TPSA) is 41.1 Å². The van der Waals surface area contributed by atoms with Gasteiger partial charge in [-0.3, -0.25) is 4.79 Å². The van der Waals surface area contributed by atoms with Gasteiger partial charge in [-0.2, -0.15) is 0 Å². The molecule has 0 aliphatic carbocycles. The van der Waals surface area contributed by atoms with Crippen molar-refractivity contribution >= 4 is 5.91 Å². The van der Waals surface area contributed by atoms with Crippen molar-refractivity contribution in [2.75, 3.05) is 19.6 Å². The maximum Gasteiger partial charge on any atom is 0.224 e. The van der Waals surface area contributed by atoms with E-state index in [0.717, 1.165) is 45.3 Å². The summed E-state index contributed by atoms with van der Waals surface area (Å²) in [5, 5.41) is 6.33. The number of aryl methyl sites for hydroxylation is 1. The Labute approximate surface area is 115 Å². The average Bonchev–Trinajstić information content (AvgIpc) is 2.49. The van der Waals surface area contributed by atoms with Gasteiger partial charge in [0.15, 0.2) is 0 Å². The Morgan fingerprint density at radius 1 is 1.32 bits per heavy atom. The highest BCUT2D eigenvalue weighted by molar-refractivity contribution is 5.78. The molecule has 1 amide bonds. The van der Waals surface area contributed by atoms with Crippen LogP contribution in [0.2, 0.25) is 0 Å². The maximum atomic E-state index is 11.9. The first-order valence-electron chi connectivity index (χ1n) is 7.36. The van der Waals surface area contributed by atoms with Crippen LogP contribution >= 0.6 is 0 Å². The van der Waals surface area contributed by atoms with E-state index in [1.54, 1.807) is 0 Å². The van der Waals surface area contributed by atoms with Gasteiger partial charge < -0.3 is 10.6 Å². The predicted octanol–water partition coefficient (Wildman–Crippen LogP) is 1.91. The van der Waals surface area contributed by atoms with Crippen molar-refractivity contribution < 1.29 is 4.79 Å². The Bertz CT molecular complexity index is 394. The first-order chi connectivity index (χ1) is 9.29. The van der Waals surface area contributed by atoms with Crippen LogP contribution in [0.3, 0.4) is 0 Å². The van der Waals surface area contributed by atoms with Crippen molar-refractivity contribution in [3.05, 3.63) is 35.4 Å². The molecule has 3 heteroatoms. The van der Waals surface area contributed by atoms with Gasteiger partial charge in [-0.1, -0.05) is 31.2 Å². The van der Waals surface area contributed by atoms with Gasteiger partial charge in [0, 0.05) is 13.1 Å². The van der Waals surface area contributed by atoms with Crippen molar-refractivity contribution in [2.45, 2.75) is 32.6 Å². The van der Waals surface area contributed by atoms with E-state index in [4.69, 9.17) is 0 Å². The number of piperidine rings is 1. The highest BCUT2D eigenvalue weighted by Gasteiger charge is 2.19. The van der Waals surface area contributed by atoms with E-state index in [1.807, 2.05) is 0 Å². The van der Waals surface area contributed by atoms with E-state index in [0.29, 0.717) is 0 Å². The van der Waals surface area contributed by atoms with Gasteiger partial charge in [0.1, 0.15) is 0 Å². The lowest BCUT2D eigenvalue weighted by Gasteiger charge is -2.21. The lowest BCUT2D eigenvalue weighted by atomic mass is 9.99. The minimum absolute atomic E-state index is 0.163. The molecule has 1 unspecified atom stereocenters. The second-order valence-electron chi connectivity index (χ2n) is 5.25. The molecule has 0 radical (unpaired) electrons. The van der Waals surface area contributed by atoms with Crippen LogP contribution in [-0.4, -0.2) is 25.5 Å². The summed E-state index contributed by atoms with van der Waals surface area (Å²) in [6, 6.07) is 8.66. The fraction of sp³-hybridized carbons (Fsp3) is 0.562. The molecule has 1 aliphatic heterocycles. The smallest absolute Gasteiger partial charge is 0.224 e. The second kappa shape index (κ2) is 7.29. The van der Waals surface area contributed by atoms with E-state index in [9.17, 15) is 4.79 Å². The monoisotopic (exact) mass is 260 g/mol. The molecule has 3 nitrogen and oxygen atoms in total. The fourth-order valence-corrected chi connectivity index (χ4v) is 2.49. The zero-order valence-corrected chi connectivity index (χ0v) is 11.7. The first kappa shape index (κ1) is 14.1. The van der Waals surface area contributed by atoms with Crippen molar-refractivity contribution in [1.29, 1.82) is 0 Å². The van der Waals surface area contributed by atoms with Gasteiger partial charge in [-0.25, -0.2) is 0 Å². The summed E-state index contributed by atoms with van der Waals surface area (Å²) in [5.74, 6) is 0.369. The molecule has 2 N–H and O–H groups in total. The maximum absolute atomic E-state index is 11.9. The third-order valence-electron chi connectivity index (χ3n) is 3.81. The Morgan fingerprint density at radius 3 is 2.68 bits per heavy atom. The van der Waals surface area contributed by atoms with E-state index in [2.05, 4.69) is 41.8 Å². The lowest BCUT2D eigenvalue weighted by molar-refractivity contribution is -0.125. The van der Waals surface area contributed by atoms with Gasteiger partial charge in [-0.15, -0.1) is 0 Å². The minimum atomic E-state index is 0.163. The van der Waals surface area contributed by atoms with Crippen molar-refractivity contribution in [2.24, 2.45) is 5.92 Å². The standard InChI is InChI=1S/C16H24N2O/c1-2-13-5-7-14(8-6-13)9-11-18-16(19)15-4-3-10-17-12-15/h5-8,15,17H,2-4,9-12H2,1H3,(H,18,19). The van der Waals surface area contributed by atoms with Crippen LogP contribution in [0.5, 0.6) is 0 Å². The van der Waals surface area contributed by atoms with E-state index in [-0.39, 0.29) is 11.8 Å². The van der Waals surface area contributed by atoms with Crippen LogP contribution in [0.4, 0.5) is 0 Å². The molecule has 0 aromatic heterocycles. The van der Waals surface area contributed by atoms with Crippen LogP contribution in [0.1, 0.15) is 30.9 Å². The number of benzene rings is 1. The minimum Gasteiger partial charge on any atom is -0.355 e. The Morgan fingerprint density at radius 2 is 2.05 bits per heavy atom. The molecule has 0 saturated carbocycles.